The summed E-state index contributed by atoms with van der Waals surface area (Å²) in [6.45, 7) is 11.7. The predicted molar refractivity (Wildman–Crippen MR) is 242 cm³/mol. The molecule has 0 heterocycles. The zero-order valence-electron chi connectivity index (χ0n) is 39.6. The summed E-state index contributed by atoms with van der Waals surface area (Å²) in [7, 11) is 0. The van der Waals surface area contributed by atoms with Gasteiger partial charge in [0, 0.05) is 70.1 Å². The quantitative estimate of drug-likeness (QED) is 0.0479. The van der Waals surface area contributed by atoms with E-state index in [0.717, 1.165) is 51.4 Å². The second kappa shape index (κ2) is 45.6. The fraction of sp³-hybridized carbons (Fsp3) is 0.867. The van der Waals surface area contributed by atoms with Gasteiger partial charge in [-0.3, -0.25) is 28.8 Å². The van der Waals surface area contributed by atoms with Crippen molar-refractivity contribution in [2.45, 2.75) is 117 Å². The molecular formula is C45H84N4O16. The van der Waals surface area contributed by atoms with E-state index >= 15 is 0 Å². The first-order valence-electron chi connectivity index (χ1n) is 23.5. The maximum absolute atomic E-state index is 12.1. The summed E-state index contributed by atoms with van der Waals surface area (Å²) in [5.41, 5.74) is -0.299. The van der Waals surface area contributed by atoms with Gasteiger partial charge in [-0.15, -0.1) is 0 Å². The Bertz CT molecular complexity index is 1120. The Balaban J connectivity index is 3.49. The van der Waals surface area contributed by atoms with Crippen molar-refractivity contribution < 1.29 is 76.9 Å². The molecule has 0 radical (unpaired) electrons. The van der Waals surface area contributed by atoms with E-state index in [1.165, 1.54) is 0 Å². The molecule has 20 nitrogen and oxygen atoms in total. The second-order valence-electron chi connectivity index (χ2n) is 16.2. The molecule has 0 rings (SSSR count). The molecule has 0 aromatic carbocycles. The van der Waals surface area contributed by atoms with Crippen LogP contribution in [0.4, 0.5) is 0 Å². The van der Waals surface area contributed by atoms with Crippen LogP contribution in [-0.2, 0) is 66.7 Å². The number of rotatable bonds is 50. The van der Waals surface area contributed by atoms with Crippen molar-refractivity contribution in [3.63, 3.8) is 0 Å². The first kappa shape index (κ1) is 61.5. The van der Waals surface area contributed by atoms with Crippen molar-refractivity contribution in [3.05, 3.63) is 0 Å². The van der Waals surface area contributed by atoms with Gasteiger partial charge in [0.1, 0.15) is 0 Å². The summed E-state index contributed by atoms with van der Waals surface area (Å²) in [6.07, 6.45) is 10.2. The molecule has 65 heavy (non-hydrogen) atoms. The van der Waals surface area contributed by atoms with Crippen molar-refractivity contribution in [2.75, 3.05) is 132 Å². The number of hydrogen-bond acceptors (Lipinski definition) is 14. The SMILES string of the molecule is CC(C)(COCCC(=O)NCCOCCOCCOCCC(=O)NCCCCCCCC(=O)O)COCCC(=O)NCCOCCOCCOCCC(=O)NCCCCCCCC(=O)O. The average molecular weight is 937 g/mol. The van der Waals surface area contributed by atoms with Gasteiger partial charge in [0.2, 0.25) is 23.6 Å². The van der Waals surface area contributed by atoms with Gasteiger partial charge in [-0.2, -0.15) is 0 Å². The second-order valence-corrected chi connectivity index (χ2v) is 16.2. The highest BCUT2D eigenvalue weighted by Gasteiger charge is 2.19. The van der Waals surface area contributed by atoms with Crippen LogP contribution in [0.25, 0.3) is 0 Å². The number of amides is 4. The first-order chi connectivity index (χ1) is 31.4. The predicted octanol–water partition coefficient (Wildman–Crippen LogP) is 3.02. The number of carboxylic acid groups (broad SMARTS) is 2. The minimum absolute atomic E-state index is 0.0572. The minimum atomic E-state index is -0.762. The van der Waals surface area contributed by atoms with Gasteiger partial charge in [-0.25, -0.2) is 0 Å². The fourth-order valence-electron chi connectivity index (χ4n) is 5.68. The molecule has 4 amide bonds. The lowest BCUT2D eigenvalue weighted by atomic mass is 9.96. The van der Waals surface area contributed by atoms with E-state index in [0.29, 0.717) is 132 Å². The summed E-state index contributed by atoms with van der Waals surface area (Å²) in [5.74, 6) is -1.91. The van der Waals surface area contributed by atoms with Crippen molar-refractivity contribution in [1.82, 2.24) is 21.3 Å². The molecule has 0 aromatic rings. The third-order valence-electron chi connectivity index (χ3n) is 9.28. The van der Waals surface area contributed by atoms with Gasteiger partial charge in [-0.1, -0.05) is 52.4 Å². The smallest absolute Gasteiger partial charge is 0.303 e. The fourth-order valence-corrected chi connectivity index (χ4v) is 5.68. The standard InChI is InChI=1S/C45H84N4O16/c1-45(2,37-64-25-17-41(52)48-21-27-60-31-35-62-33-29-58-23-15-39(50)46-19-11-7-3-5-9-13-43(54)55)38-65-26-18-42(53)49-22-28-61-32-36-63-34-30-59-24-16-40(51)47-20-12-8-4-6-10-14-44(56)57/h3-38H2,1-2H3,(H,46,50)(H,47,51)(H,48,52)(H,49,53)(H,54,55)(H,56,57). The highest BCUT2D eigenvalue weighted by atomic mass is 16.5. The molecule has 380 valence electrons. The maximum atomic E-state index is 12.1. The third-order valence-corrected chi connectivity index (χ3v) is 9.28. The lowest BCUT2D eigenvalue weighted by Gasteiger charge is -2.24. The molecule has 0 fully saturated rings. The molecule has 0 atom stereocenters. The third kappa shape index (κ3) is 49.8. The molecule has 6 N–H and O–H groups in total. The van der Waals surface area contributed by atoms with E-state index in [4.69, 9.17) is 48.1 Å². The molecule has 0 aliphatic carbocycles. The number of carboxylic acids is 2. The Labute approximate surface area is 386 Å². The molecule has 0 spiro atoms. The molecular weight excluding hydrogens is 853 g/mol. The minimum Gasteiger partial charge on any atom is -0.481 e. The van der Waals surface area contributed by atoms with Crippen LogP contribution < -0.4 is 21.3 Å². The van der Waals surface area contributed by atoms with Gasteiger partial charge in [-0.05, 0) is 25.7 Å². The normalized spacial score (nSPS) is 11.4. The van der Waals surface area contributed by atoms with Crippen LogP contribution in [0.1, 0.15) is 117 Å². The number of ether oxygens (including phenoxy) is 8. The Hall–Kier alpha value is -3.50. The molecule has 0 aliphatic heterocycles. The van der Waals surface area contributed by atoms with Gasteiger partial charge in [0.15, 0.2) is 0 Å². The van der Waals surface area contributed by atoms with Crippen molar-refractivity contribution in [2.24, 2.45) is 5.41 Å². The number of unbranched alkanes of at least 4 members (excludes halogenated alkanes) is 8. The Kier molecular flexibility index (Phi) is 43.2. The highest BCUT2D eigenvalue weighted by Crippen LogP contribution is 2.16. The van der Waals surface area contributed by atoms with E-state index in [2.05, 4.69) is 21.3 Å². The van der Waals surface area contributed by atoms with Crippen LogP contribution >= 0.6 is 0 Å². The monoisotopic (exact) mass is 937 g/mol. The molecule has 0 saturated carbocycles. The summed E-state index contributed by atoms with van der Waals surface area (Å²) in [6, 6.07) is 0. The van der Waals surface area contributed by atoms with Gasteiger partial charge in [0.25, 0.3) is 0 Å². The number of aliphatic carboxylic acids is 2. The first-order valence-corrected chi connectivity index (χ1v) is 23.5. The van der Waals surface area contributed by atoms with E-state index < -0.39 is 11.9 Å². The highest BCUT2D eigenvalue weighted by molar-refractivity contribution is 5.77. The molecule has 0 aromatic heterocycles. The van der Waals surface area contributed by atoms with E-state index in [1.54, 1.807) is 0 Å². The summed E-state index contributed by atoms with van der Waals surface area (Å²) >= 11 is 0. The van der Waals surface area contributed by atoms with Crippen molar-refractivity contribution in [1.29, 1.82) is 0 Å². The van der Waals surface area contributed by atoms with Crippen LogP contribution in [0.3, 0.4) is 0 Å². The van der Waals surface area contributed by atoms with E-state index in [-0.39, 0.29) is 80.8 Å². The summed E-state index contributed by atoms with van der Waals surface area (Å²) in [5, 5.41) is 28.6. The van der Waals surface area contributed by atoms with Crippen LogP contribution in [-0.4, -0.2) is 178 Å². The lowest BCUT2D eigenvalue weighted by molar-refractivity contribution is -0.138. The zero-order chi connectivity index (χ0) is 47.9. The van der Waals surface area contributed by atoms with Crippen molar-refractivity contribution >= 4 is 35.6 Å². The molecule has 20 heteroatoms. The molecule has 0 unspecified atom stereocenters. The topological polar surface area (TPSA) is 265 Å². The van der Waals surface area contributed by atoms with Crippen LogP contribution in [0.5, 0.6) is 0 Å². The lowest BCUT2D eigenvalue weighted by Crippen LogP contribution is -2.31. The Morgan fingerprint density at radius 1 is 0.323 bits per heavy atom. The van der Waals surface area contributed by atoms with Crippen molar-refractivity contribution in [3.8, 4) is 0 Å². The largest absolute Gasteiger partial charge is 0.481 e. The molecule has 0 bridgehead atoms. The van der Waals surface area contributed by atoms with Gasteiger partial charge >= 0.3 is 11.9 Å². The Morgan fingerprint density at radius 2 is 0.585 bits per heavy atom. The maximum Gasteiger partial charge on any atom is 0.303 e. The number of nitrogens with one attached hydrogen (secondary N) is 4. The van der Waals surface area contributed by atoms with Crippen LogP contribution in [0.15, 0.2) is 0 Å². The number of hydrogen-bond donors (Lipinski definition) is 6. The number of carbonyl (C=O) groups excluding carboxylic acids is 4. The van der Waals surface area contributed by atoms with Gasteiger partial charge < -0.3 is 69.4 Å². The zero-order valence-corrected chi connectivity index (χ0v) is 39.6. The average Bonchev–Trinajstić information content (AvgIpc) is 3.26. The summed E-state index contributed by atoms with van der Waals surface area (Å²) in [4.78, 5) is 68.9. The summed E-state index contributed by atoms with van der Waals surface area (Å²) < 4.78 is 44.1. The van der Waals surface area contributed by atoms with Crippen LogP contribution in [0, 0.1) is 5.41 Å². The van der Waals surface area contributed by atoms with Crippen LogP contribution in [0.2, 0.25) is 0 Å². The number of carbonyl (C=O) groups is 6. The molecule has 0 aliphatic rings. The molecule has 0 saturated heterocycles. The van der Waals surface area contributed by atoms with E-state index in [9.17, 15) is 28.8 Å². The van der Waals surface area contributed by atoms with E-state index in [1.807, 2.05) is 13.8 Å². The Morgan fingerprint density at radius 3 is 0.923 bits per heavy atom. The van der Waals surface area contributed by atoms with Gasteiger partial charge in [0.05, 0.1) is 106 Å².